The summed E-state index contributed by atoms with van der Waals surface area (Å²) in [5, 5.41) is 15.1. The first-order valence-corrected chi connectivity index (χ1v) is 9.40. The third-order valence-electron chi connectivity index (χ3n) is 4.90. The highest BCUT2D eigenvalue weighted by Crippen LogP contribution is 2.22. The van der Waals surface area contributed by atoms with Crippen LogP contribution in [0.5, 0.6) is 0 Å². The van der Waals surface area contributed by atoms with Gasteiger partial charge in [0.05, 0.1) is 24.5 Å². The molecule has 4 rings (SSSR count). The Kier molecular flexibility index (Phi) is 4.92. The molecule has 7 heteroatoms. The number of benzene rings is 1. The quantitative estimate of drug-likeness (QED) is 0.754. The van der Waals surface area contributed by atoms with E-state index in [0.29, 0.717) is 43.3 Å². The summed E-state index contributed by atoms with van der Waals surface area (Å²) in [5.74, 6) is 0.490. The predicted molar refractivity (Wildman–Crippen MR) is 104 cm³/mol. The lowest BCUT2D eigenvalue weighted by Gasteiger charge is -2.27. The topological polar surface area (TPSA) is 84.1 Å². The largest absolute Gasteiger partial charge is 0.386 e. The second-order valence-corrected chi connectivity index (χ2v) is 7.16. The van der Waals surface area contributed by atoms with Crippen molar-refractivity contribution in [2.24, 2.45) is 0 Å². The molecule has 0 spiro atoms. The SMILES string of the molecule is Cc1cc(C(=O)N2CCn3nc([C@@H](O)Cc4ccccc4)cc3C2)nc(C)n1. The van der Waals surface area contributed by atoms with Crippen LogP contribution in [-0.2, 0) is 19.5 Å². The maximum Gasteiger partial charge on any atom is 0.273 e. The summed E-state index contributed by atoms with van der Waals surface area (Å²) in [4.78, 5) is 23.1. The van der Waals surface area contributed by atoms with Crippen LogP contribution < -0.4 is 0 Å². The molecular weight excluding hydrogens is 354 g/mol. The lowest BCUT2D eigenvalue weighted by molar-refractivity contribution is 0.0699. The number of aromatic nitrogens is 4. The summed E-state index contributed by atoms with van der Waals surface area (Å²) in [6, 6.07) is 13.5. The Hall–Kier alpha value is -3.06. The Morgan fingerprint density at radius 3 is 2.68 bits per heavy atom. The molecule has 3 aromatic rings. The molecule has 28 heavy (non-hydrogen) atoms. The lowest BCUT2D eigenvalue weighted by atomic mass is 10.1. The van der Waals surface area contributed by atoms with E-state index in [-0.39, 0.29) is 5.91 Å². The minimum Gasteiger partial charge on any atom is -0.386 e. The maximum absolute atomic E-state index is 12.9. The van der Waals surface area contributed by atoms with Crippen LogP contribution in [0.15, 0.2) is 42.5 Å². The smallest absolute Gasteiger partial charge is 0.273 e. The normalized spacial score (nSPS) is 14.6. The first-order valence-electron chi connectivity index (χ1n) is 9.40. The molecule has 0 unspecified atom stereocenters. The molecule has 7 nitrogen and oxygen atoms in total. The molecule has 144 valence electrons. The van der Waals surface area contributed by atoms with Crippen molar-refractivity contribution in [3.8, 4) is 0 Å². The zero-order valence-corrected chi connectivity index (χ0v) is 16.0. The highest BCUT2D eigenvalue weighted by molar-refractivity contribution is 5.92. The Morgan fingerprint density at radius 2 is 1.93 bits per heavy atom. The second kappa shape index (κ2) is 7.52. The molecule has 0 radical (unpaired) electrons. The van der Waals surface area contributed by atoms with Gasteiger partial charge in [0.25, 0.3) is 5.91 Å². The molecule has 1 amide bonds. The van der Waals surface area contributed by atoms with Crippen LogP contribution in [0.4, 0.5) is 0 Å². The predicted octanol–water partition coefficient (Wildman–Crippen LogP) is 2.22. The van der Waals surface area contributed by atoms with E-state index >= 15 is 0 Å². The van der Waals surface area contributed by atoms with Gasteiger partial charge in [0.1, 0.15) is 17.6 Å². The minimum atomic E-state index is -0.670. The van der Waals surface area contributed by atoms with Gasteiger partial charge in [0.2, 0.25) is 0 Å². The van der Waals surface area contributed by atoms with Crippen molar-refractivity contribution >= 4 is 5.91 Å². The molecular formula is C21H23N5O2. The monoisotopic (exact) mass is 377 g/mol. The van der Waals surface area contributed by atoms with E-state index < -0.39 is 6.10 Å². The number of carbonyl (C=O) groups is 1. The third-order valence-corrected chi connectivity index (χ3v) is 4.90. The molecule has 1 aliphatic heterocycles. The van der Waals surface area contributed by atoms with Gasteiger partial charge in [0, 0.05) is 18.7 Å². The van der Waals surface area contributed by atoms with Crippen molar-refractivity contribution in [3.63, 3.8) is 0 Å². The fraction of sp³-hybridized carbons (Fsp3) is 0.333. The van der Waals surface area contributed by atoms with Crippen LogP contribution in [0.2, 0.25) is 0 Å². The number of aliphatic hydroxyl groups is 1. The molecule has 0 aliphatic carbocycles. The van der Waals surface area contributed by atoms with Crippen LogP contribution in [0.3, 0.4) is 0 Å². The van der Waals surface area contributed by atoms with Gasteiger partial charge in [-0.15, -0.1) is 0 Å². The second-order valence-electron chi connectivity index (χ2n) is 7.16. The number of rotatable bonds is 4. The zero-order valence-electron chi connectivity index (χ0n) is 16.0. The molecule has 1 aliphatic rings. The van der Waals surface area contributed by atoms with Gasteiger partial charge in [-0.1, -0.05) is 30.3 Å². The van der Waals surface area contributed by atoms with E-state index in [1.807, 2.05) is 48.0 Å². The molecule has 2 aromatic heterocycles. The Labute approximate surface area is 163 Å². The molecule has 1 aromatic carbocycles. The van der Waals surface area contributed by atoms with Crippen molar-refractivity contribution in [1.29, 1.82) is 0 Å². The van der Waals surface area contributed by atoms with Crippen molar-refractivity contribution in [2.45, 2.75) is 39.5 Å². The molecule has 1 N–H and O–H groups in total. The highest BCUT2D eigenvalue weighted by Gasteiger charge is 2.25. The van der Waals surface area contributed by atoms with Crippen LogP contribution >= 0.6 is 0 Å². The number of aryl methyl sites for hydroxylation is 2. The van der Waals surface area contributed by atoms with E-state index in [9.17, 15) is 9.90 Å². The van der Waals surface area contributed by atoms with E-state index in [2.05, 4.69) is 15.1 Å². The average Bonchev–Trinajstić information content (AvgIpc) is 3.11. The van der Waals surface area contributed by atoms with Gasteiger partial charge < -0.3 is 10.0 Å². The number of nitrogens with zero attached hydrogens (tertiary/aromatic N) is 5. The first kappa shape index (κ1) is 18.3. The standard InChI is InChI=1S/C21H23N5O2/c1-14-10-19(23-15(2)22-14)21(28)25-8-9-26-17(13-25)12-18(24-26)20(27)11-16-6-4-3-5-7-16/h3-7,10,12,20,27H,8-9,11,13H2,1-2H3/t20-/m0/s1. The lowest BCUT2D eigenvalue weighted by Crippen LogP contribution is -2.38. The number of hydrogen-bond acceptors (Lipinski definition) is 5. The van der Waals surface area contributed by atoms with Crippen LogP contribution in [-0.4, -0.2) is 42.2 Å². The zero-order chi connectivity index (χ0) is 19.7. The van der Waals surface area contributed by atoms with Crippen molar-refractivity contribution in [1.82, 2.24) is 24.6 Å². The fourth-order valence-electron chi connectivity index (χ4n) is 3.56. The summed E-state index contributed by atoms with van der Waals surface area (Å²) in [5.41, 5.74) is 3.82. The van der Waals surface area contributed by atoms with Crippen LogP contribution in [0.1, 0.15) is 45.1 Å². The van der Waals surface area contributed by atoms with Crippen LogP contribution in [0.25, 0.3) is 0 Å². The number of hydrogen-bond donors (Lipinski definition) is 1. The number of aliphatic hydroxyl groups excluding tert-OH is 1. The van der Waals surface area contributed by atoms with Gasteiger partial charge in [-0.2, -0.15) is 5.10 Å². The van der Waals surface area contributed by atoms with Crippen molar-refractivity contribution in [2.75, 3.05) is 6.54 Å². The van der Waals surface area contributed by atoms with Gasteiger partial charge in [-0.25, -0.2) is 9.97 Å². The molecule has 0 saturated heterocycles. The fourth-order valence-corrected chi connectivity index (χ4v) is 3.56. The molecule has 0 fully saturated rings. The summed E-state index contributed by atoms with van der Waals surface area (Å²) in [6.07, 6.45) is -0.156. The van der Waals surface area contributed by atoms with E-state index in [4.69, 9.17) is 0 Å². The van der Waals surface area contributed by atoms with Gasteiger partial charge >= 0.3 is 0 Å². The minimum absolute atomic E-state index is 0.104. The number of fused-ring (bicyclic) bond motifs is 1. The van der Waals surface area contributed by atoms with Gasteiger partial charge in [-0.3, -0.25) is 9.48 Å². The number of carbonyl (C=O) groups excluding carboxylic acids is 1. The van der Waals surface area contributed by atoms with Crippen molar-refractivity contribution < 1.29 is 9.90 Å². The summed E-state index contributed by atoms with van der Waals surface area (Å²) in [7, 11) is 0. The van der Waals surface area contributed by atoms with Crippen LogP contribution in [0, 0.1) is 13.8 Å². The highest BCUT2D eigenvalue weighted by atomic mass is 16.3. The molecule has 1 atom stereocenters. The Morgan fingerprint density at radius 1 is 1.14 bits per heavy atom. The van der Waals surface area contributed by atoms with E-state index in [1.54, 1.807) is 17.9 Å². The van der Waals surface area contributed by atoms with E-state index in [0.717, 1.165) is 17.0 Å². The molecule has 0 saturated carbocycles. The summed E-state index contributed by atoms with van der Waals surface area (Å²) < 4.78 is 1.88. The maximum atomic E-state index is 12.9. The van der Waals surface area contributed by atoms with Gasteiger partial charge in [-0.05, 0) is 31.5 Å². The van der Waals surface area contributed by atoms with Gasteiger partial charge in [0.15, 0.2) is 0 Å². The average molecular weight is 377 g/mol. The molecule has 0 bridgehead atoms. The summed E-state index contributed by atoms with van der Waals surface area (Å²) in [6.45, 7) is 5.25. The third kappa shape index (κ3) is 3.80. The Bertz CT molecular complexity index is 979. The molecule has 3 heterocycles. The summed E-state index contributed by atoms with van der Waals surface area (Å²) >= 11 is 0. The first-order chi connectivity index (χ1) is 13.5. The van der Waals surface area contributed by atoms with E-state index in [1.165, 1.54) is 0 Å². The Balaban J connectivity index is 1.49. The number of amides is 1. The van der Waals surface area contributed by atoms with Crippen molar-refractivity contribution in [3.05, 3.63) is 76.6 Å².